The Kier molecular flexibility index (Phi) is 7.12. The van der Waals surface area contributed by atoms with E-state index in [0.29, 0.717) is 25.5 Å². The molecule has 0 aliphatic carbocycles. The molecular formula is C12H21NO4S. The number of hydrogen-bond donors (Lipinski definition) is 1. The van der Waals surface area contributed by atoms with Crippen molar-refractivity contribution in [1.29, 1.82) is 0 Å². The molecule has 0 aromatic carbocycles. The van der Waals surface area contributed by atoms with Crippen molar-refractivity contribution in [2.24, 2.45) is 5.92 Å². The number of carbonyl (C=O) groups excluding carboxylic acids is 1. The van der Waals surface area contributed by atoms with Gasteiger partial charge in [-0.2, -0.15) is 11.8 Å². The molecule has 1 aliphatic rings. The highest BCUT2D eigenvalue weighted by Gasteiger charge is 2.22. The molecule has 0 saturated carbocycles. The van der Waals surface area contributed by atoms with Crippen molar-refractivity contribution in [3.05, 3.63) is 0 Å². The Bertz CT molecular complexity index is 279. The molecule has 1 rings (SSSR count). The van der Waals surface area contributed by atoms with E-state index in [9.17, 15) is 9.59 Å². The number of ether oxygens (including phenoxy) is 1. The van der Waals surface area contributed by atoms with E-state index in [-0.39, 0.29) is 12.5 Å². The maximum absolute atomic E-state index is 12.1. The van der Waals surface area contributed by atoms with Crippen LogP contribution >= 0.6 is 11.8 Å². The van der Waals surface area contributed by atoms with Gasteiger partial charge in [0.25, 0.3) is 0 Å². The maximum Gasteiger partial charge on any atom is 0.323 e. The fourth-order valence-corrected chi connectivity index (χ4v) is 3.19. The van der Waals surface area contributed by atoms with Crippen molar-refractivity contribution in [3.63, 3.8) is 0 Å². The van der Waals surface area contributed by atoms with Crippen LogP contribution in [-0.4, -0.2) is 60.2 Å². The lowest BCUT2D eigenvalue weighted by Crippen LogP contribution is -2.39. The molecule has 104 valence electrons. The molecule has 0 atom stereocenters. The van der Waals surface area contributed by atoms with Crippen LogP contribution in [0.5, 0.6) is 0 Å². The fraction of sp³-hybridized carbons (Fsp3) is 0.833. The summed E-state index contributed by atoms with van der Waals surface area (Å²) in [5.41, 5.74) is 0. The summed E-state index contributed by atoms with van der Waals surface area (Å²) in [5.74, 6) is 1.59. The number of nitrogens with zero attached hydrogens (tertiary/aromatic N) is 1. The Balaban J connectivity index is 2.43. The zero-order valence-corrected chi connectivity index (χ0v) is 11.6. The molecular weight excluding hydrogens is 254 g/mol. The first-order valence-corrected chi connectivity index (χ1v) is 7.35. The van der Waals surface area contributed by atoms with Crippen LogP contribution in [0.4, 0.5) is 0 Å². The van der Waals surface area contributed by atoms with E-state index in [4.69, 9.17) is 9.84 Å². The van der Waals surface area contributed by atoms with E-state index in [0.717, 1.165) is 24.3 Å². The molecule has 1 aliphatic heterocycles. The second kappa shape index (κ2) is 8.37. The Morgan fingerprint density at radius 1 is 1.39 bits per heavy atom. The van der Waals surface area contributed by atoms with Crippen LogP contribution in [0.1, 0.15) is 19.3 Å². The maximum atomic E-state index is 12.1. The lowest BCUT2D eigenvalue weighted by molar-refractivity contribution is -0.145. The average Bonchev–Trinajstić information content (AvgIpc) is 2.35. The largest absolute Gasteiger partial charge is 0.480 e. The van der Waals surface area contributed by atoms with E-state index in [2.05, 4.69) is 0 Å². The van der Waals surface area contributed by atoms with Crippen molar-refractivity contribution in [2.45, 2.75) is 19.3 Å². The summed E-state index contributed by atoms with van der Waals surface area (Å²) in [7, 11) is 1.54. The Hall–Kier alpha value is -0.750. The van der Waals surface area contributed by atoms with Gasteiger partial charge in [0.1, 0.15) is 6.54 Å². The minimum atomic E-state index is -0.973. The second-order valence-corrected chi connectivity index (χ2v) is 5.69. The van der Waals surface area contributed by atoms with E-state index in [1.54, 1.807) is 7.11 Å². The number of carboxylic acids is 1. The molecule has 0 spiro atoms. The molecule has 1 fully saturated rings. The number of aliphatic carboxylic acids is 1. The molecule has 1 amide bonds. The smallest absolute Gasteiger partial charge is 0.323 e. The first-order chi connectivity index (χ1) is 8.63. The molecule has 0 aromatic rings. The van der Waals surface area contributed by atoms with Crippen molar-refractivity contribution >= 4 is 23.6 Å². The SMILES string of the molecule is COCCN(CC(=O)O)C(=O)CC1CCSCC1. The highest BCUT2D eigenvalue weighted by Crippen LogP contribution is 2.25. The number of hydrogen-bond acceptors (Lipinski definition) is 4. The van der Waals surface area contributed by atoms with Crippen molar-refractivity contribution in [1.82, 2.24) is 4.90 Å². The van der Waals surface area contributed by atoms with Gasteiger partial charge < -0.3 is 14.7 Å². The monoisotopic (exact) mass is 275 g/mol. The molecule has 0 unspecified atom stereocenters. The summed E-state index contributed by atoms with van der Waals surface area (Å²) in [6.07, 6.45) is 2.58. The lowest BCUT2D eigenvalue weighted by atomic mass is 9.98. The van der Waals surface area contributed by atoms with Gasteiger partial charge in [-0.1, -0.05) is 0 Å². The zero-order valence-electron chi connectivity index (χ0n) is 10.8. The third-order valence-corrected chi connectivity index (χ3v) is 4.10. The summed E-state index contributed by atoms with van der Waals surface area (Å²) >= 11 is 1.92. The van der Waals surface area contributed by atoms with E-state index < -0.39 is 5.97 Å². The number of thioether (sulfide) groups is 1. The fourth-order valence-electron chi connectivity index (χ4n) is 1.98. The molecule has 0 bridgehead atoms. The number of methoxy groups -OCH3 is 1. The van der Waals surface area contributed by atoms with Crippen LogP contribution in [0, 0.1) is 5.92 Å². The van der Waals surface area contributed by atoms with Crippen LogP contribution < -0.4 is 0 Å². The summed E-state index contributed by atoms with van der Waals surface area (Å²) in [6, 6.07) is 0. The van der Waals surface area contributed by atoms with Gasteiger partial charge in [-0.25, -0.2) is 0 Å². The predicted octanol–water partition coefficient (Wildman–Crippen LogP) is 1.08. The van der Waals surface area contributed by atoms with Gasteiger partial charge in [-0.15, -0.1) is 0 Å². The minimum absolute atomic E-state index is 0.0636. The van der Waals surface area contributed by atoms with E-state index in [1.807, 2.05) is 11.8 Å². The van der Waals surface area contributed by atoms with E-state index in [1.165, 1.54) is 4.90 Å². The van der Waals surface area contributed by atoms with Crippen LogP contribution in [-0.2, 0) is 14.3 Å². The van der Waals surface area contributed by atoms with Crippen LogP contribution in [0.2, 0.25) is 0 Å². The zero-order chi connectivity index (χ0) is 13.4. The Morgan fingerprint density at radius 2 is 2.06 bits per heavy atom. The van der Waals surface area contributed by atoms with E-state index >= 15 is 0 Å². The van der Waals surface area contributed by atoms with Gasteiger partial charge in [0.05, 0.1) is 6.61 Å². The number of amides is 1. The quantitative estimate of drug-likeness (QED) is 0.753. The van der Waals surface area contributed by atoms with Crippen LogP contribution in [0.25, 0.3) is 0 Å². The predicted molar refractivity (Wildman–Crippen MR) is 70.8 cm³/mol. The highest BCUT2D eigenvalue weighted by molar-refractivity contribution is 7.99. The van der Waals surface area contributed by atoms with Gasteiger partial charge in [0, 0.05) is 20.1 Å². The molecule has 18 heavy (non-hydrogen) atoms. The van der Waals surface area contributed by atoms with Gasteiger partial charge in [-0.3, -0.25) is 9.59 Å². The van der Waals surface area contributed by atoms with Crippen LogP contribution in [0.3, 0.4) is 0 Å². The first kappa shape index (κ1) is 15.3. The summed E-state index contributed by atoms with van der Waals surface area (Å²) < 4.78 is 4.90. The number of carboxylic acid groups (broad SMARTS) is 1. The number of rotatable bonds is 7. The van der Waals surface area contributed by atoms with Gasteiger partial charge in [-0.05, 0) is 30.3 Å². The standard InChI is InChI=1S/C12H21NO4S/c1-17-5-4-13(9-12(15)16)11(14)8-10-2-6-18-7-3-10/h10H,2-9H2,1H3,(H,15,16). The lowest BCUT2D eigenvalue weighted by Gasteiger charge is -2.25. The van der Waals surface area contributed by atoms with Gasteiger partial charge in [0.2, 0.25) is 5.91 Å². The third kappa shape index (κ3) is 5.73. The average molecular weight is 275 g/mol. The summed E-state index contributed by atoms with van der Waals surface area (Å²) in [6.45, 7) is 0.492. The van der Waals surface area contributed by atoms with Gasteiger partial charge in [0.15, 0.2) is 0 Å². The molecule has 6 heteroatoms. The van der Waals surface area contributed by atoms with Gasteiger partial charge >= 0.3 is 5.97 Å². The van der Waals surface area contributed by atoms with Crippen molar-refractivity contribution < 1.29 is 19.4 Å². The second-order valence-electron chi connectivity index (χ2n) is 4.46. The summed E-state index contributed by atoms with van der Waals surface area (Å²) in [5, 5.41) is 8.80. The van der Waals surface area contributed by atoms with Crippen molar-refractivity contribution in [2.75, 3.05) is 38.3 Å². The first-order valence-electron chi connectivity index (χ1n) is 6.19. The normalized spacial score (nSPS) is 16.5. The highest BCUT2D eigenvalue weighted by atomic mass is 32.2. The Morgan fingerprint density at radius 3 is 2.61 bits per heavy atom. The molecule has 1 heterocycles. The van der Waals surface area contributed by atoms with Crippen LogP contribution in [0.15, 0.2) is 0 Å². The molecule has 5 nitrogen and oxygen atoms in total. The topological polar surface area (TPSA) is 66.8 Å². The molecule has 0 aromatic heterocycles. The third-order valence-electron chi connectivity index (χ3n) is 3.05. The molecule has 1 saturated heterocycles. The van der Waals surface area contributed by atoms with Crippen molar-refractivity contribution in [3.8, 4) is 0 Å². The Labute approximate surface area is 112 Å². The summed E-state index contributed by atoms with van der Waals surface area (Å²) in [4.78, 5) is 24.2. The minimum Gasteiger partial charge on any atom is -0.480 e. The number of carbonyl (C=O) groups is 2. The molecule has 0 radical (unpaired) electrons. The molecule has 1 N–H and O–H groups in total.